The number of hydrogen-bond acceptors (Lipinski definition) is 2. The lowest BCUT2D eigenvalue weighted by molar-refractivity contribution is -0.134. The molecule has 0 spiro atoms. The zero-order chi connectivity index (χ0) is 13.2. The number of rotatable bonds is 3. The number of carbonyl (C=O) groups is 1. The van der Waals surface area contributed by atoms with Crippen LogP contribution in [0.25, 0.3) is 0 Å². The Morgan fingerprint density at radius 2 is 2.00 bits per heavy atom. The lowest BCUT2D eigenvalue weighted by Crippen LogP contribution is -2.48. The van der Waals surface area contributed by atoms with E-state index in [1.54, 1.807) is 0 Å². The van der Waals surface area contributed by atoms with Crippen LogP contribution in [0.4, 0.5) is 0 Å². The van der Waals surface area contributed by atoms with Crippen molar-refractivity contribution in [3.63, 3.8) is 0 Å². The summed E-state index contributed by atoms with van der Waals surface area (Å²) >= 11 is 0. The van der Waals surface area contributed by atoms with E-state index < -0.39 is 0 Å². The average molecular weight is 246 g/mol. The second kappa shape index (κ2) is 5.11. The maximum atomic E-state index is 12.0. The number of benzene rings is 1. The third-order valence-electron chi connectivity index (χ3n) is 4.02. The number of likely N-dealkylation sites (tertiary alicyclic amines) is 1. The first kappa shape index (κ1) is 13.1. The van der Waals surface area contributed by atoms with Crippen LogP contribution in [0.15, 0.2) is 24.3 Å². The molecule has 1 aliphatic rings. The highest BCUT2D eigenvalue weighted by Crippen LogP contribution is 2.35. The summed E-state index contributed by atoms with van der Waals surface area (Å²) in [6.07, 6.45) is 1.63. The van der Waals surface area contributed by atoms with Crippen LogP contribution in [0.2, 0.25) is 0 Å². The molecule has 3 nitrogen and oxygen atoms in total. The number of carbonyl (C=O) groups excluding carboxylic acids is 1. The van der Waals surface area contributed by atoms with Gasteiger partial charge in [0.05, 0.1) is 0 Å². The number of amides is 1. The smallest absolute Gasteiger partial charge is 0.223 e. The fourth-order valence-electron chi connectivity index (χ4n) is 2.76. The summed E-state index contributed by atoms with van der Waals surface area (Å²) in [6, 6.07) is 8.61. The summed E-state index contributed by atoms with van der Waals surface area (Å²) < 4.78 is 0. The van der Waals surface area contributed by atoms with Crippen LogP contribution in [-0.2, 0) is 10.2 Å². The van der Waals surface area contributed by atoms with Crippen molar-refractivity contribution < 1.29 is 4.79 Å². The first-order valence-corrected chi connectivity index (χ1v) is 6.53. The summed E-state index contributed by atoms with van der Waals surface area (Å²) in [4.78, 5) is 13.9. The SMILES string of the molecule is CNCC1(c2ccc(C)cc2)CCN(C)C(=O)C1. The van der Waals surface area contributed by atoms with Gasteiger partial charge in [-0.2, -0.15) is 0 Å². The lowest BCUT2D eigenvalue weighted by atomic mass is 9.72. The molecular weight excluding hydrogens is 224 g/mol. The molecule has 0 radical (unpaired) electrons. The standard InChI is InChI=1S/C15H22N2O/c1-12-4-6-13(7-5-12)15(11-16-2)8-9-17(3)14(18)10-15/h4-7,16H,8-11H2,1-3H3. The van der Waals surface area contributed by atoms with Crippen molar-refractivity contribution in [1.82, 2.24) is 10.2 Å². The van der Waals surface area contributed by atoms with Crippen molar-refractivity contribution in [1.29, 1.82) is 0 Å². The second-order valence-corrected chi connectivity index (χ2v) is 5.42. The number of likely N-dealkylation sites (N-methyl/N-ethyl adjacent to an activating group) is 1. The van der Waals surface area contributed by atoms with Crippen molar-refractivity contribution in [3.8, 4) is 0 Å². The van der Waals surface area contributed by atoms with Crippen molar-refractivity contribution in [2.75, 3.05) is 27.2 Å². The molecule has 0 saturated carbocycles. The molecule has 18 heavy (non-hydrogen) atoms. The van der Waals surface area contributed by atoms with Crippen molar-refractivity contribution >= 4 is 5.91 Å². The lowest BCUT2D eigenvalue weighted by Gasteiger charge is -2.40. The van der Waals surface area contributed by atoms with Gasteiger partial charge in [-0.05, 0) is 26.0 Å². The highest BCUT2D eigenvalue weighted by Gasteiger charge is 2.38. The molecule has 3 heteroatoms. The number of nitrogens with zero attached hydrogens (tertiary/aromatic N) is 1. The maximum absolute atomic E-state index is 12.0. The Labute approximate surface area is 109 Å². The normalized spacial score (nSPS) is 24.4. The molecule has 1 N–H and O–H groups in total. The first-order chi connectivity index (χ1) is 8.57. The average Bonchev–Trinajstić information content (AvgIpc) is 2.35. The van der Waals surface area contributed by atoms with E-state index in [1.807, 2.05) is 19.0 Å². The minimum atomic E-state index is -0.0357. The number of hydrogen-bond donors (Lipinski definition) is 1. The Kier molecular flexibility index (Phi) is 3.71. The maximum Gasteiger partial charge on any atom is 0.223 e. The molecule has 1 unspecified atom stereocenters. The van der Waals surface area contributed by atoms with Crippen LogP contribution >= 0.6 is 0 Å². The van der Waals surface area contributed by atoms with Crippen LogP contribution in [0.5, 0.6) is 0 Å². The number of aryl methyl sites for hydroxylation is 1. The number of nitrogens with one attached hydrogen (secondary N) is 1. The summed E-state index contributed by atoms with van der Waals surface area (Å²) in [7, 11) is 3.85. The molecule has 1 atom stereocenters. The van der Waals surface area contributed by atoms with Gasteiger partial charge in [-0.15, -0.1) is 0 Å². The van der Waals surface area contributed by atoms with Gasteiger partial charge in [0.25, 0.3) is 0 Å². The largest absolute Gasteiger partial charge is 0.346 e. The first-order valence-electron chi connectivity index (χ1n) is 6.53. The van der Waals surface area contributed by atoms with E-state index >= 15 is 0 Å². The van der Waals surface area contributed by atoms with Gasteiger partial charge in [0, 0.05) is 32.0 Å². The molecule has 1 aromatic carbocycles. The third kappa shape index (κ3) is 2.41. The Morgan fingerprint density at radius 3 is 2.56 bits per heavy atom. The van der Waals surface area contributed by atoms with Crippen LogP contribution in [0, 0.1) is 6.92 Å². The molecule has 1 aliphatic heterocycles. The number of piperidine rings is 1. The van der Waals surface area contributed by atoms with Crippen LogP contribution in [0.1, 0.15) is 24.0 Å². The zero-order valence-corrected chi connectivity index (χ0v) is 11.5. The monoisotopic (exact) mass is 246 g/mol. The second-order valence-electron chi connectivity index (χ2n) is 5.42. The van der Waals surface area contributed by atoms with E-state index in [0.29, 0.717) is 6.42 Å². The molecule has 2 rings (SSSR count). The predicted octanol–water partition coefficient (Wildman–Crippen LogP) is 1.70. The van der Waals surface area contributed by atoms with Gasteiger partial charge < -0.3 is 10.2 Å². The fourth-order valence-corrected chi connectivity index (χ4v) is 2.76. The quantitative estimate of drug-likeness (QED) is 0.880. The predicted molar refractivity (Wildman–Crippen MR) is 73.7 cm³/mol. The van der Waals surface area contributed by atoms with Gasteiger partial charge >= 0.3 is 0 Å². The van der Waals surface area contributed by atoms with Crippen molar-refractivity contribution in [3.05, 3.63) is 35.4 Å². The molecule has 0 bridgehead atoms. The molecule has 1 heterocycles. The summed E-state index contributed by atoms with van der Waals surface area (Å²) in [5, 5.41) is 3.26. The van der Waals surface area contributed by atoms with E-state index in [2.05, 4.69) is 36.5 Å². The highest BCUT2D eigenvalue weighted by molar-refractivity contribution is 5.78. The van der Waals surface area contributed by atoms with Gasteiger partial charge in [0.2, 0.25) is 5.91 Å². The zero-order valence-electron chi connectivity index (χ0n) is 11.5. The Hall–Kier alpha value is -1.35. The molecule has 1 amide bonds. The van der Waals surface area contributed by atoms with Crippen LogP contribution < -0.4 is 5.32 Å². The van der Waals surface area contributed by atoms with E-state index in [4.69, 9.17) is 0 Å². The highest BCUT2D eigenvalue weighted by atomic mass is 16.2. The van der Waals surface area contributed by atoms with E-state index in [-0.39, 0.29) is 11.3 Å². The minimum Gasteiger partial charge on any atom is -0.346 e. The van der Waals surface area contributed by atoms with Gasteiger partial charge in [-0.1, -0.05) is 29.8 Å². The fraction of sp³-hybridized carbons (Fsp3) is 0.533. The van der Waals surface area contributed by atoms with Crippen LogP contribution in [-0.4, -0.2) is 38.0 Å². The summed E-state index contributed by atoms with van der Waals surface area (Å²) in [6.45, 7) is 3.79. The molecule has 1 fully saturated rings. The van der Waals surface area contributed by atoms with Crippen molar-refractivity contribution in [2.45, 2.75) is 25.2 Å². The Bertz CT molecular complexity index is 427. The van der Waals surface area contributed by atoms with Gasteiger partial charge in [0.15, 0.2) is 0 Å². The summed E-state index contributed by atoms with van der Waals surface area (Å²) in [5.74, 6) is 0.247. The topological polar surface area (TPSA) is 32.3 Å². The van der Waals surface area contributed by atoms with Gasteiger partial charge in [-0.3, -0.25) is 4.79 Å². The Balaban J connectivity index is 2.32. The molecular formula is C15H22N2O. The van der Waals surface area contributed by atoms with Gasteiger partial charge in [-0.25, -0.2) is 0 Å². The third-order valence-corrected chi connectivity index (χ3v) is 4.02. The van der Waals surface area contributed by atoms with Crippen molar-refractivity contribution in [2.24, 2.45) is 0 Å². The van der Waals surface area contributed by atoms with E-state index in [9.17, 15) is 4.79 Å². The van der Waals surface area contributed by atoms with Crippen LogP contribution in [0.3, 0.4) is 0 Å². The molecule has 0 aliphatic carbocycles. The molecule has 0 aromatic heterocycles. The van der Waals surface area contributed by atoms with Gasteiger partial charge in [0.1, 0.15) is 0 Å². The Morgan fingerprint density at radius 1 is 1.33 bits per heavy atom. The molecule has 1 aromatic rings. The van der Waals surface area contributed by atoms with E-state index in [1.165, 1.54) is 11.1 Å². The molecule has 1 saturated heterocycles. The summed E-state index contributed by atoms with van der Waals surface area (Å²) in [5.41, 5.74) is 2.51. The van der Waals surface area contributed by atoms with E-state index in [0.717, 1.165) is 19.5 Å². The molecule has 98 valence electrons. The minimum absolute atomic E-state index is 0.0357.